The number of benzene rings is 1. The summed E-state index contributed by atoms with van der Waals surface area (Å²) in [7, 11) is 0. The predicted molar refractivity (Wildman–Crippen MR) is 99.6 cm³/mol. The molecule has 0 N–H and O–H groups in total. The van der Waals surface area contributed by atoms with Gasteiger partial charge >= 0.3 is 6.09 Å². The van der Waals surface area contributed by atoms with Crippen LogP contribution in [0.15, 0.2) is 12.1 Å². The number of carbonyl (C=O) groups is 2. The number of fused-ring (bicyclic) bond motifs is 1. The molecule has 6 heteroatoms. The van der Waals surface area contributed by atoms with E-state index in [1.54, 1.807) is 11.0 Å². The van der Waals surface area contributed by atoms with Crippen LogP contribution in [0.5, 0.6) is 5.75 Å². The Morgan fingerprint density at radius 1 is 1.37 bits per heavy atom. The topological polar surface area (TPSA) is 79.6 Å². The van der Waals surface area contributed by atoms with Gasteiger partial charge in [-0.25, -0.2) is 4.79 Å². The summed E-state index contributed by atoms with van der Waals surface area (Å²) in [5, 5.41) is 9.60. The molecule has 3 rings (SSSR count). The van der Waals surface area contributed by atoms with E-state index >= 15 is 0 Å². The predicted octanol–water partition coefficient (Wildman–Crippen LogP) is 3.25. The lowest BCUT2D eigenvalue weighted by atomic mass is 10.0. The van der Waals surface area contributed by atoms with Crippen LogP contribution in [0.2, 0.25) is 0 Å². The summed E-state index contributed by atoms with van der Waals surface area (Å²) in [5.41, 5.74) is 1.95. The average molecular weight is 370 g/mol. The van der Waals surface area contributed by atoms with E-state index in [1.807, 2.05) is 26.8 Å². The van der Waals surface area contributed by atoms with E-state index < -0.39 is 5.60 Å². The Labute approximate surface area is 160 Å². The van der Waals surface area contributed by atoms with Crippen molar-refractivity contribution in [3.8, 4) is 11.8 Å². The molecular weight excluding hydrogens is 344 g/mol. The number of rotatable bonds is 4. The normalized spacial score (nSPS) is 21.5. The molecule has 6 nitrogen and oxygen atoms in total. The van der Waals surface area contributed by atoms with Crippen LogP contribution in [0.3, 0.4) is 0 Å². The molecular formula is C21H26N2O4. The number of carbonyl (C=O) groups excluding carboxylic acids is 2. The number of aldehydes is 1. The fourth-order valence-electron chi connectivity index (χ4n) is 3.81. The van der Waals surface area contributed by atoms with Gasteiger partial charge in [0.1, 0.15) is 30.3 Å². The summed E-state index contributed by atoms with van der Waals surface area (Å²) in [6.45, 7) is 6.53. The van der Waals surface area contributed by atoms with Crippen LogP contribution in [-0.2, 0) is 22.4 Å². The number of amides is 1. The first-order valence-corrected chi connectivity index (χ1v) is 9.45. The summed E-state index contributed by atoms with van der Waals surface area (Å²) >= 11 is 0. The van der Waals surface area contributed by atoms with Gasteiger partial charge in [-0.2, -0.15) is 5.26 Å². The molecule has 1 fully saturated rings. The molecule has 2 aliphatic rings. The Morgan fingerprint density at radius 2 is 2.15 bits per heavy atom. The second kappa shape index (κ2) is 7.59. The first kappa shape index (κ1) is 19.2. The Kier molecular flexibility index (Phi) is 5.41. The molecule has 0 radical (unpaired) electrons. The molecule has 1 amide bonds. The van der Waals surface area contributed by atoms with E-state index in [-0.39, 0.29) is 18.1 Å². The van der Waals surface area contributed by atoms with Crippen LogP contribution in [0, 0.1) is 17.2 Å². The van der Waals surface area contributed by atoms with Crippen molar-refractivity contribution < 1.29 is 19.1 Å². The number of nitriles is 1. The first-order valence-electron chi connectivity index (χ1n) is 9.45. The van der Waals surface area contributed by atoms with Gasteiger partial charge in [-0.05, 0) is 63.6 Å². The minimum atomic E-state index is -0.534. The zero-order valence-corrected chi connectivity index (χ0v) is 16.2. The summed E-state index contributed by atoms with van der Waals surface area (Å²) in [4.78, 5) is 25.2. The Bertz CT molecular complexity index is 776. The largest absolute Gasteiger partial charge is 0.490 e. The summed E-state index contributed by atoms with van der Waals surface area (Å²) < 4.78 is 11.4. The second-order valence-electron chi connectivity index (χ2n) is 8.27. The van der Waals surface area contributed by atoms with E-state index in [9.17, 15) is 14.9 Å². The van der Waals surface area contributed by atoms with Gasteiger partial charge in [-0.15, -0.1) is 0 Å². The lowest BCUT2D eigenvalue weighted by Crippen LogP contribution is -2.42. The van der Waals surface area contributed by atoms with E-state index in [2.05, 4.69) is 6.07 Å². The summed E-state index contributed by atoms with van der Waals surface area (Å²) in [6, 6.07) is 5.91. The SMILES string of the molecule is CC(C)(C)OC(=O)N1CCCC1COc1ccc2c(c1C#N)CC(C=O)C2. The molecule has 0 spiro atoms. The average Bonchev–Trinajstić information content (AvgIpc) is 3.24. The zero-order chi connectivity index (χ0) is 19.6. The van der Waals surface area contributed by atoms with Gasteiger partial charge in [-0.1, -0.05) is 6.07 Å². The Hall–Kier alpha value is -2.55. The van der Waals surface area contributed by atoms with Crippen molar-refractivity contribution >= 4 is 12.4 Å². The third-order valence-corrected chi connectivity index (χ3v) is 5.06. The van der Waals surface area contributed by atoms with Crippen LogP contribution in [0.1, 0.15) is 50.3 Å². The third-order valence-electron chi connectivity index (χ3n) is 5.06. The van der Waals surface area contributed by atoms with Crippen LogP contribution >= 0.6 is 0 Å². The highest BCUT2D eigenvalue weighted by Gasteiger charge is 2.33. The fourth-order valence-corrected chi connectivity index (χ4v) is 3.81. The fraction of sp³-hybridized carbons (Fsp3) is 0.571. The first-order chi connectivity index (χ1) is 12.8. The number of likely N-dealkylation sites (tertiary alicyclic amines) is 1. The summed E-state index contributed by atoms with van der Waals surface area (Å²) in [5.74, 6) is 0.471. The van der Waals surface area contributed by atoms with Crippen LogP contribution in [-0.4, -0.2) is 42.1 Å². The van der Waals surface area contributed by atoms with Crippen molar-refractivity contribution in [2.45, 2.75) is 58.1 Å². The van der Waals surface area contributed by atoms with Crippen molar-refractivity contribution in [3.05, 3.63) is 28.8 Å². The molecule has 0 bridgehead atoms. The van der Waals surface area contributed by atoms with Gasteiger partial charge in [0.05, 0.1) is 11.6 Å². The van der Waals surface area contributed by atoms with E-state index in [4.69, 9.17) is 9.47 Å². The maximum absolute atomic E-state index is 12.4. The lowest BCUT2D eigenvalue weighted by Gasteiger charge is -2.28. The number of ether oxygens (including phenoxy) is 2. The highest BCUT2D eigenvalue weighted by atomic mass is 16.6. The molecule has 27 heavy (non-hydrogen) atoms. The highest BCUT2D eigenvalue weighted by Crippen LogP contribution is 2.34. The lowest BCUT2D eigenvalue weighted by molar-refractivity contribution is -0.110. The van der Waals surface area contributed by atoms with Crippen molar-refractivity contribution in [3.63, 3.8) is 0 Å². The Balaban J connectivity index is 1.69. The highest BCUT2D eigenvalue weighted by molar-refractivity contribution is 5.69. The van der Waals surface area contributed by atoms with E-state index in [0.717, 1.165) is 30.3 Å². The quantitative estimate of drug-likeness (QED) is 0.760. The van der Waals surface area contributed by atoms with E-state index in [0.29, 0.717) is 37.3 Å². The summed E-state index contributed by atoms with van der Waals surface area (Å²) in [6.07, 6.45) is 3.66. The Morgan fingerprint density at radius 3 is 2.81 bits per heavy atom. The molecule has 1 aromatic rings. The van der Waals surface area contributed by atoms with Crippen molar-refractivity contribution in [1.82, 2.24) is 4.90 Å². The van der Waals surface area contributed by atoms with Crippen LogP contribution in [0.4, 0.5) is 4.79 Å². The van der Waals surface area contributed by atoms with Crippen molar-refractivity contribution in [1.29, 1.82) is 5.26 Å². The molecule has 0 aromatic heterocycles. The number of hydrogen-bond donors (Lipinski definition) is 0. The second-order valence-corrected chi connectivity index (χ2v) is 8.27. The van der Waals surface area contributed by atoms with Gasteiger partial charge in [0.15, 0.2) is 0 Å². The van der Waals surface area contributed by atoms with Crippen LogP contribution < -0.4 is 4.74 Å². The maximum Gasteiger partial charge on any atom is 0.410 e. The van der Waals surface area contributed by atoms with Gasteiger partial charge in [0, 0.05) is 12.5 Å². The van der Waals surface area contributed by atoms with Gasteiger partial charge < -0.3 is 19.2 Å². The van der Waals surface area contributed by atoms with Gasteiger partial charge in [-0.3, -0.25) is 0 Å². The van der Waals surface area contributed by atoms with Gasteiger partial charge in [0.2, 0.25) is 0 Å². The number of hydrogen-bond acceptors (Lipinski definition) is 5. The molecule has 1 saturated heterocycles. The standard InChI is InChI=1S/C21H26N2O4/c1-21(2,3)27-20(25)23-8-4-5-16(23)13-26-19-7-6-15-9-14(12-24)10-17(15)18(19)11-22/h6-7,12,14,16H,4-5,8-10,13H2,1-3H3. The molecule has 1 aromatic carbocycles. The van der Waals surface area contributed by atoms with Crippen LogP contribution in [0.25, 0.3) is 0 Å². The molecule has 1 aliphatic heterocycles. The smallest absolute Gasteiger partial charge is 0.410 e. The monoisotopic (exact) mass is 370 g/mol. The molecule has 1 aliphatic carbocycles. The molecule has 2 unspecified atom stereocenters. The number of nitrogens with zero attached hydrogens (tertiary/aromatic N) is 2. The molecule has 144 valence electrons. The van der Waals surface area contributed by atoms with Gasteiger partial charge in [0.25, 0.3) is 0 Å². The van der Waals surface area contributed by atoms with Crippen molar-refractivity contribution in [2.75, 3.05) is 13.2 Å². The molecule has 0 saturated carbocycles. The van der Waals surface area contributed by atoms with Crippen molar-refractivity contribution in [2.24, 2.45) is 5.92 Å². The molecule has 2 atom stereocenters. The van der Waals surface area contributed by atoms with E-state index in [1.165, 1.54) is 0 Å². The third kappa shape index (κ3) is 4.24. The minimum Gasteiger partial charge on any atom is -0.490 e. The zero-order valence-electron chi connectivity index (χ0n) is 16.2. The molecule has 1 heterocycles. The maximum atomic E-state index is 12.4. The minimum absolute atomic E-state index is 0.0557.